The van der Waals surface area contributed by atoms with Crippen molar-refractivity contribution in [1.82, 2.24) is 5.32 Å². The van der Waals surface area contributed by atoms with Gasteiger partial charge in [0.05, 0.1) is 12.5 Å². The molecule has 0 unspecified atom stereocenters. The molecule has 6 rings (SSSR count). The largest absolute Gasteiger partial charge is 0.458 e. The van der Waals surface area contributed by atoms with E-state index in [-0.39, 0.29) is 68.5 Å². The Labute approximate surface area is 250 Å². The SMILES string of the molecule is C[C@]12C=CC(=O)C=C1CC[C@@H]1[C@H]2[C@@H](O)C[C@@]2(C)[C@@H]1CC[C@]2(O)C(=O)COC(=O)CCC(=O)NCc1cccc2c1OCO2. The van der Waals surface area contributed by atoms with Crippen LogP contribution in [0.2, 0.25) is 0 Å². The number of fused-ring (bicyclic) bond motifs is 6. The van der Waals surface area contributed by atoms with E-state index < -0.39 is 40.9 Å². The van der Waals surface area contributed by atoms with E-state index in [0.717, 1.165) is 24.0 Å². The lowest BCUT2D eigenvalue weighted by Gasteiger charge is -2.59. The van der Waals surface area contributed by atoms with E-state index in [1.807, 2.05) is 19.1 Å². The Bertz CT molecular complexity index is 1420. The van der Waals surface area contributed by atoms with Gasteiger partial charge in [0.25, 0.3) is 0 Å². The molecule has 1 amide bonds. The van der Waals surface area contributed by atoms with E-state index in [1.165, 1.54) is 0 Å². The number of hydrogen-bond acceptors (Lipinski definition) is 9. The maximum absolute atomic E-state index is 13.4. The zero-order valence-electron chi connectivity index (χ0n) is 24.6. The third-order valence-corrected chi connectivity index (χ3v) is 11.0. The van der Waals surface area contributed by atoms with Crippen molar-refractivity contribution in [3.8, 4) is 11.5 Å². The van der Waals surface area contributed by atoms with Crippen LogP contribution in [0.25, 0.3) is 0 Å². The number of rotatable bonds is 8. The highest BCUT2D eigenvalue weighted by atomic mass is 16.7. The van der Waals surface area contributed by atoms with Crippen LogP contribution in [0, 0.1) is 28.6 Å². The number of aliphatic hydroxyl groups excluding tert-OH is 1. The fourth-order valence-corrected chi connectivity index (χ4v) is 8.75. The maximum atomic E-state index is 13.4. The van der Waals surface area contributed by atoms with Crippen LogP contribution in [0.15, 0.2) is 42.0 Å². The minimum atomic E-state index is -1.74. The average molecular weight is 594 g/mol. The number of aliphatic hydroxyl groups is 2. The number of ketones is 2. The zero-order valence-corrected chi connectivity index (χ0v) is 24.6. The quantitative estimate of drug-likeness (QED) is 0.387. The molecule has 1 aliphatic heterocycles. The van der Waals surface area contributed by atoms with Crippen molar-refractivity contribution in [3.05, 3.63) is 47.6 Å². The number of Topliss-reactive ketones (excluding diaryl/α,β-unsaturated/α-hetero) is 1. The smallest absolute Gasteiger partial charge is 0.306 e. The number of hydrogen-bond donors (Lipinski definition) is 3. The van der Waals surface area contributed by atoms with Gasteiger partial charge in [0.2, 0.25) is 18.5 Å². The molecule has 230 valence electrons. The summed E-state index contributed by atoms with van der Waals surface area (Å²) < 4.78 is 16.0. The van der Waals surface area contributed by atoms with Crippen molar-refractivity contribution in [3.63, 3.8) is 0 Å². The second kappa shape index (κ2) is 10.9. The van der Waals surface area contributed by atoms with Crippen molar-refractivity contribution < 1.29 is 43.6 Å². The van der Waals surface area contributed by atoms with Gasteiger partial charge >= 0.3 is 5.97 Å². The number of esters is 1. The molecule has 3 saturated carbocycles. The lowest BCUT2D eigenvalue weighted by molar-refractivity contribution is -0.181. The van der Waals surface area contributed by atoms with Gasteiger partial charge in [0.1, 0.15) is 5.60 Å². The lowest BCUT2D eigenvalue weighted by Crippen LogP contribution is -2.61. The minimum Gasteiger partial charge on any atom is -0.458 e. The summed E-state index contributed by atoms with van der Waals surface area (Å²) in [7, 11) is 0. The third kappa shape index (κ3) is 4.88. The summed E-state index contributed by atoms with van der Waals surface area (Å²) in [6.07, 6.45) is 6.71. The Balaban J connectivity index is 1.03. The third-order valence-electron chi connectivity index (χ3n) is 11.0. The number of para-hydroxylation sites is 1. The molecule has 0 radical (unpaired) electrons. The van der Waals surface area contributed by atoms with Crippen molar-refractivity contribution in [2.75, 3.05) is 13.4 Å². The van der Waals surface area contributed by atoms with Crippen LogP contribution < -0.4 is 14.8 Å². The molecule has 4 aliphatic carbocycles. The summed E-state index contributed by atoms with van der Waals surface area (Å²) in [4.78, 5) is 50.3. The monoisotopic (exact) mass is 593 g/mol. The van der Waals surface area contributed by atoms with Gasteiger partial charge in [-0.3, -0.25) is 19.2 Å². The molecule has 5 aliphatic rings. The summed E-state index contributed by atoms with van der Waals surface area (Å²) in [6.45, 7) is 3.70. The minimum absolute atomic E-state index is 0.00135. The highest BCUT2D eigenvalue weighted by molar-refractivity contribution is 6.01. The molecular weight excluding hydrogens is 554 g/mol. The summed E-state index contributed by atoms with van der Waals surface area (Å²) in [5, 5.41) is 26.1. The fraction of sp³-hybridized carbons (Fsp3) is 0.576. The summed E-state index contributed by atoms with van der Waals surface area (Å²) in [5.74, 6) is -0.495. The zero-order chi connectivity index (χ0) is 30.6. The van der Waals surface area contributed by atoms with Gasteiger partial charge in [-0.25, -0.2) is 0 Å². The highest BCUT2D eigenvalue weighted by Gasteiger charge is 2.68. The van der Waals surface area contributed by atoms with Crippen molar-refractivity contribution >= 4 is 23.4 Å². The van der Waals surface area contributed by atoms with E-state index in [9.17, 15) is 29.4 Å². The average Bonchev–Trinajstić information content (AvgIpc) is 3.56. The van der Waals surface area contributed by atoms with Gasteiger partial charge in [-0.05, 0) is 62.2 Å². The Morgan fingerprint density at radius 2 is 1.95 bits per heavy atom. The normalized spacial score (nSPS) is 35.3. The maximum Gasteiger partial charge on any atom is 0.306 e. The van der Waals surface area contributed by atoms with Gasteiger partial charge in [-0.2, -0.15) is 0 Å². The van der Waals surface area contributed by atoms with Crippen LogP contribution in [0.3, 0.4) is 0 Å². The van der Waals surface area contributed by atoms with Crippen molar-refractivity contribution in [2.45, 2.75) is 77.0 Å². The van der Waals surface area contributed by atoms with Gasteiger partial charge < -0.3 is 29.7 Å². The first-order valence-electron chi connectivity index (χ1n) is 15.1. The van der Waals surface area contributed by atoms with Gasteiger partial charge in [-0.1, -0.05) is 37.6 Å². The predicted molar refractivity (Wildman–Crippen MR) is 153 cm³/mol. The number of ether oxygens (including phenoxy) is 3. The number of carbonyl (C=O) groups excluding carboxylic acids is 4. The summed E-state index contributed by atoms with van der Waals surface area (Å²) >= 11 is 0. The molecule has 43 heavy (non-hydrogen) atoms. The molecule has 1 heterocycles. The number of allylic oxidation sites excluding steroid dienone is 4. The first kappa shape index (κ1) is 29.6. The molecule has 10 nitrogen and oxygen atoms in total. The molecule has 0 saturated heterocycles. The van der Waals surface area contributed by atoms with E-state index in [2.05, 4.69) is 12.2 Å². The number of benzene rings is 1. The van der Waals surface area contributed by atoms with Crippen LogP contribution in [-0.4, -0.2) is 58.8 Å². The van der Waals surface area contributed by atoms with E-state index >= 15 is 0 Å². The van der Waals surface area contributed by atoms with Crippen molar-refractivity contribution in [2.24, 2.45) is 28.6 Å². The van der Waals surface area contributed by atoms with Crippen LogP contribution >= 0.6 is 0 Å². The number of amides is 1. The standard InChI is InChI=1S/C33H39NO9/c1-31-12-10-21(35)14-20(31)6-7-22-23-11-13-33(40,32(23,2)15-24(36)29(22)31)26(37)17-41-28(39)9-8-27(38)34-16-19-4-3-5-25-30(19)43-18-42-25/h3-5,10,12,14,22-24,29,36,40H,6-9,11,13,15-18H2,1-2H3,(H,34,38)/t22-,23+,24-,29-,31-,32-,33-/m0/s1. The Morgan fingerprint density at radius 1 is 1.14 bits per heavy atom. The van der Waals surface area contributed by atoms with Crippen molar-refractivity contribution in [1.29, 1.82) is 0 Å². The van der Waals surface area contributed by atoms with Gasteiger partial charge in [0.15, 0.2) is 23.9 Å². The van der Waals surface area contributed by atoms with Crippen LogP contribution in [0.1, 0.15) is 64.4 Å². The molecule has 0 spiro atoms. The first-order valence-corrected chi connectivity index (χ1v) is 15.1. The number of nitrogens with one attached hydrogen (secondary N) is 1. The lowest BCUT2D eigenvalue weighted by atomic mass is 9.46. The molecule has 1 aromatic rings. The van der Waals surface area contributed by atoms with E-state index in [0.29, 0.717) is 17.9 Å². The van der Waals surface area contributed by atoms with Gasteiger partial charge in [-0.15, -0.1) is 0 Å². The Morgan fingerprint density at radius 3 is 2.77 bits per heavy atom. The second-order valence-electron chi connectivity index (χ2n) is 13.1. The van der Waals surface area contributed by atoms with Crippen LogP contribution in [-0.2, 0) is 30.5 Å². The molecule has 3 N–H and O–H groups in total. The molecule has 0 aromatic heterocycles. The Hall–Kier alpha value is -3.50. The molecule has 1 aromatic carbocycles. The molecule has 0 bridgehead atoms. The fourth-order valence-electron chi connectivity index (χ4n) is 8.75. The summed E-state index contributed by atoms with van der Waals surface area (Å²) in [5.41, 5.74) is -1.25. The second-order valence-corrected chi connectivity index (χ2v) is 13.1. The van der Waals surface area contributed by atoms with E-state index in [1.54, 1.807) is 24.3 Å². The molecule has 10 heteroatoms. The predicted octanol–water partition coefficient (Wildman–Crippen LogP) is 2.93. The molecule has 3 fully saturated rings. The topological polar surface area (TPSA) is 148 Å². The van der Waals surface area contributed by atoms with Crippen LogP contribution in [0.5, 0.6) is 11.5 Å². The highest BCUT2D eigenvalue weighted by Crippen LogP contribution is 2.67. The molecular formula is C33H39NO9. The van der Waals surface area contributed by atoms with Gasteiger partial charge in [0, 0.05) is 35.3 Å². The Kier molecular flexibility index (Phi) is 7.49. The number of carbonyl (C=O) groups is 4. The van der Waals surface area contributed by atoms with E-state index in [4.69, 9.17) is 14.2 Å². The van der Waals surface area contributed by atoms with Crippen LogP contribution in [0.4, 0.5) is 0 Å². The summed E-state index contributed by atoms with van der Waals surface area (Å²) in [6, 6.07) is 5.40. The molecule has 7 atom stereocenters. The first-order chi connectivity index (χ1) is 20.5.